The maximum absolute atomic E-state index is 9.26. The second-order valence-electron chi connectivity index (χ2n) is 2.46. The molecule has 3 heteroatoms. The zero-order chi connectivity index (χ0) is 7.98. The summed E-state index contributed by atoms with van der Waals surface area (Å²) >= 11 is 2.21. The molecular weight excluding hydrogens is 243 g/mol. The monoisotopic (exact) mass is 258 g/mol. The number of aliphatic hydroxyl groups is 2. The van der Waals surface area contributed by atoms with Crippen LogP contribution in [-0.4, -0.2) is 26.8 Å². The first-order valence-electron chi connectivity index (χ1n) is 3.61. The highest BCUT2D eigenvalue weighted by Gasteiger charge is 2.08. The van der Waals surface area contributed by atoms with E-state index in [2.05, 4.69) is 22.6 Å². The Hall–Kier alpha value is 0.650. The maximum atomic E-state index is 9.26. The maximum Gasteiger partial charge on any atom is 0.0655 e. The van der Waals surface area contributed by atoms with Gasteiger partial charge in [-0.15, -0.1) is 0 Å². The minimum Gasteiger partial charge on any atom is -0.396 e. The Balaban J connectivity index is 3.13. The molecule has 0 aliphatic carbocycles. The zero-order valence-electron chi connectivity index (χ0n) is 6.26. The van der Waals surface area contributed by atoms with Gasteiger partial charge >= 0.3 is 0 Å². The molecule has 2 unspecified atom stereocenters. The summed E-state index contributed by atoms with van der Waals surface area (Å²) in [5.41, 5.74) is 0. The van der Waals surface area contributed by atoms with E-state index >= 15 is 0 Å². The third kappa shape index (κ3) is 5.44. The molecule has 0 amide bonds. The second-order valence-corrected chi connectivity index (χ2v) is 4.43. The predicted molar refractivity (Wildman–Crippen MR) is 50.4 cm³/mol. The van der Waals surface area contributed by atoms with Crippen LogP contribution < -0.4 is 0 Å². The third-order valence-corrected chi connectivity index (χ3v) is 2.27. The van der Waals surface area contributed by atoms with Crippen LogP contribution in [0.25, 0.3) is 0 Å². The van der Waals surface area contributed by atoms with Crippen LogP contribution in [0.3, 0.4) is 0 Å². The Morgan fingerprint density at radius 2 is 2.00 bits per heavy atom. The summed E-state index contributed by atoms with van der Waals surface area (Å²) in [6.07, 6.45) is 2.34. The van der Waals surface area contributed by atoms with Crippen molar-refractivity contribution in [3.8, 4) is 0 Å². The van der Waals surface area contributed by atoms with Gasteiger partial charge in [-0.1, -0.05) is 29.5 Å². The van der Waals surface area contributed by atoms with E-state index in [-0.39, 0.29) is 12.7 Å². The Kier molecular flexibility index (Phi) is 6.78. The van der Waals surface area contributed by atoms with Crippen molar-refractivity contribution < 1.29 is 10.2 Å². The molecule has 0 radical (unpaired) electrons. The van der Waals surface area contributed by atoms with Crippen LogP contribution in [0.1, 0.15) is 26.2 Å². The van der Waals surface area contributed by atoms with Crippen molar-refractivity contribution in [2.24, 2.45) is 0 Å². The molecule has 0 saturated carbocycles. The van der Waals surface area contributed by atoms with Crippen LogP contribution in [-0.2, 0) is 0 Å². The van der Waals surface area contributed by atoms with Gasteiger partial charge in [-0.2, -0.15) is 0 Å². The summed E-state index contributed by atoms with van der Waals surface area (Å²) in [7, 11) is 0. The molecule has 62 valence electrons. The van der Waals surface area contributed by atoms with Gasteiger partial charge in [0, 0.05) is 10.5 Å². The summed E-state index contributed by atoms with van der Waals surface area (Å²) in [5, 5.41) is 17.7. The van der Waals surface area contributed by atoms with Gasteiger partial charge in [0.1, 0.15) is 0 Å². The van der Waals surface area contributed by atoms with Crippen LogP contribution in [0.2, 0.25) is 0 Å². The Morgan fingerprint density at radius 1 is 1.40 bits per heavy atom. The zero-order valence-corrected chi connectivity index (χ0v) is 8.41. The number of hydrogen-bond acceptors (Lipinski definition) is 2. The molecular formula is C7H15IO2. The first-order chi connectivity index (χ1) is 4.68. The first-order valence-corrected chi connectivity index (χ1v) is 4.86. The van der Waals surface area contributed by atoms with Gasteiger partial charge in [-0.3, -0.25) is 0 Å². The first kappa shape index (κ1) is 10.7. The molecule has 0 heterocycles. The van der Waals surface area contributed by atoms with Crippen molar-refractivity contribution >= 4 is 22.6 Å². The summed E-state index contributed by atoms with van der Waals surface area (Å²) in [6.45, 7) is 2.23. The van der Waals surface area contributed by atoms with Crippen molar-refractivity contribution in [3.63, 3.8) is 0 Å². The fourth-order valence-electron chi connectivity index (χ4n) is 0.695. The molecule has 0 aromatic rings. The lowest BCUT2D eigenvalue weighted by Gasteiger charge is -2.11. The second kappa shape index (κ2) is 6.37. The van der Waals surface area contributed by atoms with E-state index in [0.717, 1.165) is 19.3 Å². The van der Waals surface area contributed by atoms with E-state index in [9.17, 15) is 5.11 Å². The summed E-state index contributed by atoms with van der Waals surface area (Å²) in [6, 6.07) is 0. The molecule has 0 rings (SSSR count). The summed E-state index contributed by atoms with van der Waals surface area (Å²) < 4.78 is 0.316. The van der Waals surface area contributed by atoms with E-state index < -0.39 is 0 Å². The van der Waals surface area contributed by atoms with Crippen molar-refractivity contribution in [2.45, 2.75) is 36.2 Å². The average Bonchev–Trinajstić information content (AvgIpc) is 1.88. The van der Waals surface area contributed by atoms with Crippen LogP contribution in [0, 0.1) is 0 Å². The van der Waals surface area contributed by atoms with Gasteiger partial charge in [0.15, 0.2) is 0 Å². The van der Waals surface area contributed by atoms with E-state index in [4.69, 9.17) is 5.11 Å². The van der Waals surface area contributed by atoms with Crippen LogP contribution >= 0.6 is 22.6 Å². The van der Waals surface area contributed by atoms with E-state index in [1.54, 1.807) is 0 Å². The normalized spacial score (nSPS) is 16.8. The lowest BCUT2D eigenvalue weighted by molar-refractivity contribution is 0.162. The number of hydrogen-bond donors (Lipinski definition) is 2. The minimum atomic E-state index is -0.202. The van der Waals surface area contributed by atoms with Crippen LogP contribution in [0.4, 0.5) is 0 Å². The molecule has 0 aromatic carbocycles. The molecule has 2 nitrogen and oxygen atoms in total. The van der Waals surface area contributed by atoms with E-state index in [0.29, 0.717) is 3.92 Å². The molecule has 10 heavy (non-hydrogen) atoms. The molecule has 2 N–H and O–H groups in total. The number of rotatable bonds is 5. The highest BCUT2D eigenvalue weighted by atomic mass is 127. The standard InChI is InChI=1S/C7H15IO2/c1-6(8)7(10)4-2-3-5-9/h6-7,9-10H,2-5H2,1H3. The molecule has 2 atom stereocenters. The van der Waals surface area contributed by atoms with Crippen molar-refractivity contribution in [1.29, 1.82) is 0 Å². The topological polar surface area (TPSA) is 40.5 Å². The quantitative estimate of drug-likeness (QED) is 0.443. The van der Waals surface area contributed by atoms with Crippen LogP contribution in [0.5, 0.6) is 0 Å². The largest absolute Gasteiger partial charge is 0.396 e. The number of unbranched alkanes of at least 4 members (excludes halogenated alkanes) is 1. The number of aliphatic hydroxyl groups excluding tert-OH is 2. The number of halogens is 1. The van der Waals surface area contributed by atoms with Crippen molar-refractivity contribution in [1.82, 2.24) is 0 Å². The van der Waals surface area contributed by atoms with Gasteiger partial charge in [0.2, 0.25) is 0 Å². The fraction of sp³-hybridized carbons (Fsp3) is 1.00. The van der Waals surface area contributed by atoms with Crippen molar-refractivity contribution in [3.05, 3.63) is 0 Å². The van der Waals surface area contributed by atoms with Gasteiger partial charge in [0.05, 0.1) is 6.10 Å². The fourth-order valence-corrected chi connectivity index (χ4v) is 1.05. The Bertz CT molecular complexity index is 76.0. The molecule has 0 aliphatic heterocycles. The minimum absolute atomic E-state index is 0.202. The SMILES string of the molecule is CC(I)C(O)CCCCO. The highest BCUT2D eigenvalue weighted by molar-refractivity contribution is 14.1. The average molecular weight is 258 g/mol. The summed E-state index contributed by atoms with van der Waals surface area (Å²) in [5.74, 6) is 0. The van der Waals surface area contributed by atoms with Gasteiger partial charge in [0.25, 0.3) is 0 Å². The molecule has 0 bridgehead atoms. The summed E-state index contributed by atoms with van der Waals surface area (Å²) in [4.78, 5) is 0. The lowest BCUT2D eigenvalue weighted by atomic mass is 10.1. The molecule has 0 aromatic heterocycles. The van der Waals surface area contributed by atoms with Crippen molar-refractivity contribution in [2.75, 3.05) is 6.61 Å². The number of alkyl halides is 1. The molecule has 0 aliphatic rings. The third-order valence-electron chi connectivity index (χ3n) is 1.44. The lowest BCUT2D eigenvalue weighted by Crippen LogP contribution is -2.16. The van der Waals surface area contributed by atoms with Gasteiger partial charge in [-0.25, -0.2) is 0 Å². The molecule has 0 saturated heterocycles. The molecule has 0 spiro atoms. The highest BCUT2D eigenvalue weighted by Crippen LogP contribution is 2.11. The van der Waals surface area contributed by atoms with E-state index in [1.165, 1.54) is 0 Å². The molecule has 0 fully saturated rings. The Labute approximate surface area is 75.8 Å². The van der Waals surface area contributed by atoms with Gasteiger partial charge in [-0.05, 0) is 19.3 Å². The smallest absolute Gasteiger partial charge is 0.0655 e. The predicted octanol–water partition coefficient (Wildman–Crippen LogP) is 1.33. The van der Waals surface area contributed by atoms with E-state index in [1.807, 2.05) is 6.92 Å². The van der Waals surface area contributed by atoms with Gasteiger partial charge < -0.3 is 10.2 Å². The Morgan fingerprint density at radius 3 is 2.40 bits per heavy atom. The van der Waals surface area contributed by atoms with Crippen LogP contribution in [0.15, 0.2) is 0 Å².